The lowest BCUT2D eigenvalue weighted by Crippen LogP contribution is -2.53. The van der Waals surface area contributed by atoms with Crippen molar-refractivity contribution in [1.29, 1.82) is 0 Å². The Balaban J connectivity index is 3.29. The molecule has 13 heavy (non-hydrogen) atoms. The van der Waals surface area contributed by atoms with Crippen molar-refractivity contribution in [1.82, 2.24) is 10.6 Å². The summed E-state index contributed by atoms with van der Waals surface area (Å²) >= 11 is 0. The molecule has 0 aliphatic heterocycles. The maximum Gasteiger partial charge on any atom is 0.0645 e. The molecule has 0 aromatic rings. The Morgan fingerprint density at radius 3 is 2.31 bits per heavy atom. The molecule has 0 aliphatic carbocycles. The van der Waals surface area contributed by atoms with E-state index in [2.05, 4.69) is 10.6 Å². The Morgan fingerprint density at radius 2 is 1.77 bits per heavy atom. The maximum atomic E-state index is 5.90. The van der Waals surface area contributed by atoms with Crippen LogP contribution in [-0.4, -0.2) is 38.4 Å². The van der Waals surface area contributed by atoms with E-state index in [0.29, 0.717) is 13.1 Å². The molecule has 5 heteroatoms. The van der Waals surface area contributed by atoms with Gasteiger partial charge in [0.05, 0.1) is 5.66 Å². The van der Waals surface area contributed by atoms with Gasteiger partial charge in [-0.15, -0.1) is 0 Å². The van der Waals surface area contributed by atoms with E-state index >= 15 is 0 Å². The van der Waals surface area contributed by atoms with Gasteiger partial charge in [0, 0.05) is 26.2 Å². The van der Waals surface area contributed by atoms with Crippen LogP contribution in [0.25, 0.3) is 0 Å². The summed E-state index contributed by atoms with van der Waals surface area (Å²) < 4.78 is 0. The molecule has 0 aromatic carbocycles. The van der Waals surface area contributed by atoms with Crippen LogP contribution in [0.4, 0.5) is 0 Å². The summed E-state index contributed by atoms with van der Waals surface area (Å²) in [6, 6.07) is 0. The van der Waals surface area contributed by atoms with Gasteiger partial charge in [0.2, 0.25) is 0 Å². The lowest BCUT2D eigenvalue weighted by Gasteiger charge is -2.25. The highest BCUT2D eigenvalue weighted by atomic mass is 15.1. The predicted octanol–water partition coefficient (Wildman–Crippen LogP) is -1.85. The summed E-state index contributed by atoms with van der Waals surface area (Å²) in [4.78, 5) is 0. The molecule has 0 heterocycles. The molecule has 0 aromatic heterocycles. The van der Waals surface area contributed by atoms with E-state index in [0.717, 1.165) is 26.1 Å². The van der Waals surface area contributed by atoms with Gasteiger partial charge in [0.25, 0.3) is 0 Å². The fourth-order valence-electron chi connectivity index (χ4n) is 1.05. The molecular weight excluding hydrogens is 166 g/mol. The van der Waals surface area contributed by atoms with Crippen molar-refractivity contribution in [3.63, 3.8) is 0 Å². The van der Waals surface area contributed by atoms with Gasteiger partial charge in [0.15, 0.2) is 0 Å². The molecule has 0 amide bonds. The second-order valence-corrected chi connectivity index (χ2v) is 3.42. The Bertz CT molecular complexity index is 115. The molecule has 1 unspecified atom stereocenters. The monoisotopic (exact) mass is 189 g/mol. The first kappa shape index (κ1) is 12.8. The zero-order valence-electron chi connectivity index (χ0n) is 8.47. The molecule has 0 saturated carbocycles. The van der Waals surface area contributed by atoms with Crippen LogP contribution in [0, 0.1) is 0 Å². The molecule has 0 fully saturated rings. The van der Waals surface area contributed by atoms with Crippen molar-refractivity contribution in [3.8, 4) is 0 Å². The van der Waals surface area contributed by atoms with E-state index in [9.17, 15) is 0 Å². The summed E-state index contributed by atoms with van der Waals surface area (Å²) in [5, 5.41) is 6.39. The maximum absolute atomic E-state index is 5.90. The lowest BCUT2D eigenvalue weighted by atomic mass is 10.1. The minimum absolute atomic E-state index is 0.348. The van der Waals surface area contributed by atoms with E-state index in [4.69, 9.17) is 17.2 Å². The van der Waals surface area contributed by atoms with Crippen LogP contribution >= 0.6 is 0 Å². The molecule has 1 atom stereocenters. The summed E-state index contributed by atoms with van der Waals surface area (Å²) in [7, 11) is 0. The van der Waals surface area contributed by atoms with E-state index < -0.39 is 0 Å². The third-order valence-corrected chi connectivity index (χ3v) is 1.82. The van der Waals surface area contributed by atoms with Gasteiger partial charge in [-0.05, 0) is 19.9 Å². The lowest BCUT2D eigenvalue weighted by molar-refractivity contribution is 0.347. The summed E-state index contributed by atoms with van der Waals surface area (Å²) in [6.07, 6.45) is 0.782. The van der Waals surface area contributed by atoms with E-state index in [1.165, 1.54) is 0 Å². The molecule has 0 saturated heterocycles. The Hall–Kier alpha value is -0.200. The van der Waals surface area contributed by atoms with Crippen molar-refractivity contribution >= 4 is 0 Å². The Morgan fingerprint density at radius 1 is 1.08 bits per heavy atom. The van der Waals surface area contributed by atoms with Crippen LogP contribution in [0.3, 0.4) is 0 Å². The number of nitrogens with one attached hydrogen (secondary N) is 2. The SMILES string of the molecule is CC(N)(CCN)NCCNCCN. The zero-order valence-corrected chi connectivity index (χ0v) is 8.47. The number of hydrogen-bond donors (Lipinski definition) is 5. The molecule has 0 radical (unpaired) electrons. The van der Waals surface area contributed by atoms with Crippen LogP contribution in [-0.2, 0) is 0 Å². The molecule has 5 nitrogen and oxygen atoms in total. The van der Waals surface area contributed by atoms with Crippen molar-refractivity contribution in [2.75, 3.05) is 32.7 Å². The van der Waals surface area contributed by atoms with Gasteiger partial charge in [-0.25, -0.2) is 0 Å². The summed E-state index contributed by atoms with van der Waals surface area (Å²) in [5.74, 6) is 0. The smallest absolute Gasteiger partial charge is 0.0645 e. The van der Waals surface area contributed by atoms with Crippen LogP contribution in [0.1, 0.15) is 13.3 Å². The fourth-order valence-corrected chi connectivity index (χ4v) is 1.05. The number of nitrogens with two attached hydrogens (primary N) is 3. The average molecular weight is 189 g/mol. The first-order chi connectivity index (χ1) is 6.12. The normalized spacial score (nSPS) is 15.7. The minimum atomic E-state index is -0.348. The standard InChI is InChI=1S/C8H23N5/c1-8(11,2-3-9)13-7-6-12-5-4-10/h12-13H,2-7,9-11H2,1H3. The van der Waals surface area contributed by atoms with E-state index in [1.54, 1.807) is 0 Å². The minimum Gasteiger partial charge on any atom is -0.330 e. The molecule has 0 bridgehead atoms. The highest BCUT2D eigenvalue weighted by Gasteiger charge is 2.14. The molecule has 0 rings (SSSR count). The van der Waals surface area contributed by atoms with Gasteiger partial charge in [-0.3, -0.25) is 5.32 Å². The van der Waals surface area contributed by atoms with Crippen molar-refractivity contribution < 1.29 is 0 Å². The fraction of sp³-hybridized carbons (Fsp3) is 1.00. The quantitative estimate of drug-likeness (QED) is 0.228. The topological polar surface area (TPSA) is 102 Å². The molecular formula is C8H23N5. The summed E-state index contributed by atoms with van der Waals surface area (Å²) in [5.41, 5.74) is 16.3. The predicted molar refractivity (Wildman–Crippen MR) is 56.2 cm³/mol. The second-order valence-electron chi connectivity index (χ2n) is 3.42. The third-order valence-electron chi connectivity index (χ3n) is 1.82. The van der Waals surface area contributed by atoms with Crippen molar-refractivity contribution in [2.24, 2.45) is 17.2 Å². The van der Waals surface area contributed by atoms with Crippen LogP contribution in [0.5, 0.6) is 0 Å². The Labute approximate surface area is 80.4 Å². The first-order valence-corrected chi connectivity index (χ1v) is 4.77. The third kappa shape index (κ3) is 8.14. The molecule has 8 N–H and O–H groups in total. The molecule has 0 aliphatic rings. The van der Waals surface area contributed by atoms with Gasteiger partial charge in [0.1, 0.15) is 0 Å². The van der Waals surface area contributed by atoms with E-state index in [-0.39, 0.29) is 5.66 Å². The van der Waals surface area contributed by atoms with Gasteiger partial charge >= 0.3 is 0 Å². The van der Waals surface area contributed by atoms with Crippen molar-refractivity contribution in [3.05, 3.63) is 0 Å². The molecule has 80 valence electrons. The first-order valence-electron chi connectivity index (χ1n) is 4.77. The van der Waals surface area contributed by atoms with Crippen molar-refractivity contribution in [2.45, 2.75) is 19.0 Å². The van der Waals surface area contributed by atoms with Crippen LogP contribution in [0.2, 0.25) is 0 Å². The average Bonchev–Trinajstić information content (AvgIpc) is 2.04. The van der Waals surface area contributed by atoms with Gasteiger partial charge in [-0.2, -0.15) is 0 Å². The van der Waals surface area contributed by atoms with Crippen LogP contribution < -0.4 is 27.8 Å². The van der Waals surface area contributed by atoms with Crippen LogP contribution in [0.15, 0.2) is 0 Å². The largest absolute Gasteiger partial charge is 0.330 e. The summed E-state index contributed by atoms with van der Waals surface area (Å²) in [6.45, 7) is 5.79. The van der Waals surface area contributed by atoms with E-state index in [1.807, 2.05) is 6.92 Å². The highest BCUT2D eigenvalue weighted by Crippen LogP contribution is 1.97. The second kappa shape index (κ2) is 7.23. The number of hydrogen-bond acceptors (Lipinski definition) is 5. The molecule has 0 spiro atoms. The van der Waals surface area contributed by atoms with Gasteiger partial charge < -0.3 is 22.5 Å². The van der Waals surface area contributed by atoms with Gasteiger partial charge in [-0.1, -0.05) is 0 Å². The zero-order chi connectivity index (χ0) is 10.2. The number of rotatable bonds is 8. The Kier molecular flexibility index (Phi) is 7.12. The highest BCUT2D eigenvalue weighted by molar-refractivity contribution is 4.75.